The van der Waals surface area contributed by atoms with Crippen LogP contribution in [0.4, 0.5) is 5.82 Å². The van der Waals surface area contributed by atoms with Crippen molar-refractivity contribution < 1.29 is 19.1 Å². The zero-order valence-electron chi connectivity index (χ0n) is 19.0. The largest absolute Gasteiger partial charge is 0.465 e. The lowest BCUT2D eigenvalue weighted by Crippen LogP contribution is -2.43. The molecule has 0 amide bonds. The number of carbonyl (C=O) groups excluding carboxylic acids is 2. The lowest BCUT2D eigenvalue weighted by atomic mass is 9.82. The smallest absolute Gasteiger partial charge is 0.337 e. The van der Waals surface area contributed by atoms with Crippen LogP contribution in [-0.2, 0) is 28.4 Å². The molecule has 0 aliphatic carbocycles. The summed E-state index contributed by atoms with van der Waals surface area (Å²) >= 11 is 0. The van der Waals surface area contributed by atoms with Gasteiger partial charge in [-0.2, -0.15) is 0 Å². The Bertz CT molecular complexity index is 1220. The Morgan fingerprint density at radius 3 is 2.25 bits per heavy atom. The van der Waals surface area contributed by atoms with Crippen molar-refractivity contribution in [3.05, 3.63) is 73.1 Å². The molecule has 0 bridgehead atoms. The molecule has 9 nitrogen and oxygen atoms in total. The van der Waals surface area contributed by atoms with Gasteiger partial charge in [0.1, 0.15) is 5.82 Å². The molecule has 0 saturated heterocycles. The zero-order chi connectivity index (χ0) is 23.7. The molecule has 0 saturated carbocycles. The number of hydrogen-bond acceptors (Lipinski definition) is 7. The highest BCUT2D eigenvalue weighted by molar-refractivity contribution is 5.94. The summed E-state index contributed by atoms with van der Waals surface area (Å²) in [5.74, 6) is -1.38. The summed E-state index contributed by atoms with van der Waals surface area (Å²) in [6, 6.07) is 6.47. The average molecular weight is 441 g/mol. The summed E-state index contributed by atoms with van der Waals surface area (Å²) in [5, 5.41) is 3.05. The van der Waals surface area contributed by atoms with E-state index in [0.717, 1.165) is 4.57 Å². The van der Waals surface area contributed by atoms with Gasteiger partial charge >= 0.3 is 17.6 Å². The summed E-state index contributed by atoms with van der Waals surface area (Å²) in [7, 11) is 4.24. The number of allylic oxidation sites excluding steroid dienone is 1. The van der Waals surface area contributed by atoms with E-state index in [1.165, 1.54) is 18.7 Å². The van der Waals surface area contributed by atoms with Crippen LogP contribution in [0, 0.1) is 5.92 Å². The van der Waals surface area contributed by atoms with Crippen LogP contribution in [0.15, 0.2) is 45.1 Å². The zero-order valence-corrected chi connectivity index (χ0v) is 19.0. The Kier molecular flexibility index (Phi) is 6.38. The molecular formula is C23H27N3O6. The van der Waals surface area contributed by atoms with Gasteiger partial charge in [-0.3, -0.25) is 13.9 Å². The number of aromatic nitrogens is 2. The minimum absolute atomic E-state index is 0.134. The molecule has 1 atom stereocenters. The summed E-state index contributed by atoms with van der Waals surface area (Å²) in [4.78, 5) is 50.6. The van der Waals surface area contributed by atoms with Crippen molar-refractivity contribution in [2.75, 3.05) is 19.0 Å². The first-order chi connectivity index (χ1) is 15.1. The molecule has 1 N–H and O–H groups in total. The maximum atomic E-state index is 13.2. The molecule has 1 aliphatic rings. The van der Waals surface area contributed by atoms with Gasteiger partial charge in [0.2, 0.25) is 0 Å². The predicted molar refractivity (Wildman–Crippen MR) is 119 cm³/mol. The van der Waals surface area contributed by atoms with Crippen molar-refractivity contribution in [3.8, 4) is 0 Å². The second-order valence-electron chi connectivity index (χ2n) is 8.17. The van der Waals surface area contributed by atoms with Crippen molar-refractivity contribution in [2.45, 2.75) is 26.7 Å². The van der Waals surface area contributed by atoms with E-state index >= 15 is 0 Å². The second kappa shape index (κ2) is 8.86. The fourth-order valence-electron chi connectivity index (χ4n) is 3.74. The number of anilines is 1. The van der Waals surface area contributed by atoms with Crippen LogP contribution in [0.2, 0.25) is 0 Å². The normalized spacial score (nSPS) is 15.3. The van der Waals surface area contributed by atoms with E-state index in [2.05, 4.69) is 5.32 Å². The molecule has 0 fully saturated rings. The van der Waals surface area contributed by atoms with Gasteiger partial charge in [-0.1, -0.05) is 26.0 Å². The van der Waals surface area contributed by atoms with Crippen LogP contribution in [-0.4, -0.2) is 34.8 Å². The van der Waals surface area contributed by atoms with Crippen molar-refractivity contribution in [2.24, 2.45) is 20.0 Å². The first kappa shape index (κ1) is 23.1. The van der Waals surface area contributed by atoms with Crippen LogP contribution in [0.3, 0.4) is 0 Å². The number of ether oxygens (including phenoxy) is 2. The van der Waals surface area contributed by atoms with Gasteiger partial charge in [-0.25, -0.2) is 14.4 Å². The van der Waals surface area contributed by atoms with Gasteiger partial charge in [0.05, 0.1) is 36.3 Å². The number of fused-ring (bicyclic) bond motifs is 1. The first-order valence-electron chi connectivity index (χ1n) is 10.2. The van der Waals surface area contributed by atoms with E-state index in [-0.39, 0.29) is 23.7 Å². The van der Waals surface area contributed by atoms with Crippen molar-refractivity contribution in [3.63, 3.8) is 0 Å². The lowest BCUT2D eigenvalue weighted by Gasteiger charge is -2.31. The summed E-state index contributed by atoms with van der Waals surface area (Å²) < 4.78 is 12.6. The van der Waals surface area contributed by atoms with Gasteiger partial charge in [0.15, 0.2) is 0 Å². The van der Waals surface area contributed by atoms with Gasteiger partial charge in [-0.15, -0.1) is 0 Å². The summed E-state index contributed by atoms with van der Waals surface area (Å²) in [6.07, 6.45) is 0. The summed E-state index contributed by atoms with van der Waals surface area (Å²) in [5.41, 5.74) is 0.952. The van der Waals surface area contributed by atoms with E-state index in [9.17, 15) is 19.2 Å². The quantitative estimate of drug-likeness (QED) is 0.706. The van der Waals surface area contributed by atoms with E-state index in [4.69, 9.17) is 9.47 Å². The van der Waals surface area contributed by atoms with E-state index < -0.39 is 29.1 Å². The highest BCUT2D eigenvalue weighted by Crippen LogP contribution is 2.40. The summed E-state index contributed by atoms with van der Waals surface area (Å²) in [6.45, 7) is 5.78. The number of carbonyl (C=O) groups is 2. The minimum atomic E-state index is -0.789. The molecule has 3 rings (SSSR count). The molecule has 2 heterocycles. The van der Waals surface area contributed by atoms with E-state index in [1.807, 2.05) is 13.8 Å². The minimum Gasteiger partial charge on any atom is -0.465 e. The highest BCUT2D eigenvalue weighted by Gasteiger charge is 2.37. The monoisotopic (exact) mass is 441 g/mol. The van der Waals surface area contributed by atoms with E-state index in [1.54, 1.807) is 38.2 Å². The van der Waals surface area contributed by atoms with Crippen molar-refractivity contribution in [1.82, 2.24) is 9.13 Å². The molecule has 0 radical (unpaired) electrons. The third-order valence-corrected chi connectivity index (χ3v) is 5.42. The standard InChI is InChI=1S/C23H27N3O6/c1-12(2)11-32-22(29)16-13(3)24-19-18(20(27)26(5)23(30)25(19)4)17(16)14-7-9-15(10-8-14)21(28)31-6/h7-10,12,17,24H,11H2,1-6H3/t17-/m1/s1. The number of esters is 2. The molecule has 0 unspecified atom stereocenters. The Hall–Kier alpha value is -3.62. The van der Waals surface area contributed by atoms with Gasteiger partial charge in [0, 0.05) is 19.8 Å². The number of nitrogens with one attached hydrogen (secondary N) is 1. The van der Waals surface area contributed by atoms with Crippen molar-refractivity contribution in [1.29, 1.82) is 0 Å². The molecule has 1 aliphatic heterocycles. The number of hydrogen-bond donors (Lipinski definition) is 1. The van der Waals surface area contributed by atoms with Gasteiger partial charge < -0.3 is 14.8 Å². The van der Waals surface area contributed by atoms with Crippen LogP contribution in [0.5, 0.6) is 0 Å². The number of nitrogens with zero attached hydrogens (tertiary/aromatic N) is 2. The molecule has 1 aromatic heterocycles. The average Bonchev–Trinajstić information content (AvgIpc) is 2.78. The third-order valence-electron chi connectivity index (χ3n) is 5.42. The fraction of sp³-hybridized carbons (Fsp3) is 0.391. The molecule has 9 heteroatoms. The Morgan fingerprint density at radius 2 is 1.69 bits per heavy atom. The topological polar surface area (TPSA) is 109 Å². The lowest BCUT2D eigenvalue weighted by molar-refractivity contribution is -0.140. The Morgan fingerprint density at radius 1 is 1.06 bits per heavy atom. The van der Waals surface area contributed by atoms with Gasteiger partial charge in [0.25, 0.3) is 5.56 Å². The molecule has 1 aromatic carbocycles. The Balaban J connectivity index is 2.25. The van der Waals surface area contributed by atoms with Crippen LogP contribution >= 0.6 is 0 Å². The predicted octanol–water partition coefficient (Wildman–Crippen LogP) is 1.90. The number of benzene rings is 1. The molecule has 0 spiro atoms. The Labute approximate surface area is 185 Å². The fourth-order valence-corrected chi connectivity index (χ4v) is 3.74. The van der Waals surface area contributed by atoms with E-state index in [0.29, 0.717) is 22.6 Å². The maximum Gasteiger partial charge on any atom is 0.337 e. The molecule has 2 aromatic rings. The first-order valence-corrected chi connectivity index (χ1v) is 10.2. The van der Waals surface area contributed by atoms with Gasteiger partial charge in [-0.05, 0) is 30.5 Å². The maximum absolute atomic E-state index is 13.2. The molecule has 170 valence electrons. The second-order valence-corrected chi connectivity index (χ2v) is 8.17. The van der Waals surface area contributed by atoms with Crippen molar-refractivity contribution >= 4 is 17.8 Å². The SMILES string of the molecule is COC(=O)c1ccc([C@@H]2C(C(=O)OCC(C)C)=C(C)Nc3c2c(=O)n(C)c(=O)n3C)cc1. The number of rotatable bonds is 5. The third kappa shape index (κ3) is 3.98. The van der Waals surface area contributed by atoms with Crippen LogP contribution < -0.4 is 16.6 Å². The molecular weight excluding hydrogens is 414 g/mol. The number of methoxy groups -OCH3 is 1. The molecule has 32 heavy (non-hydrogen) atoms. The van der Waals surface area contributed by atoms with Crippen LogP contribution in [0.1, 0.15) is 48.2 Å². The van der Waals surface area contributed by atoms with Crippen LogP contribution in [0.25, 0.3) is 0 Å². The highest BCUT2D eigenvalue weighted by atomic mass is 16.5.